The van der Waals surface area contributed by atoms with Crippen LogP contribution in [0.5, 0.6) is 0 Å². The summed E-state index contributed by atoms with van der Waals surface area (Å²) >= 11 is 8.35. The Bertz CT molecular complexity index is 525. The molecule has 82 valence electrons. The van der Waals surface area contributed by atoms with Gasteiger partial charge in [0.25, 0.3) is 0 Å². The van der Waals surface area contributed by atoms with Crippen LogP contribution in [0.2, 0.25) is 0 Å². The molecule has 4 heteroatoms. The summed E-state index contributed by atoms with van der Waals surface area (Å²) in [7, 11) is 0. The highest BCUT2D eigenvalue weighted by Gasteiger charge is 2.11. The molecule has 0 spiro atoms. The molecule has 0 aliphatic heterocycles. The molecule has 0 bridgehead atoms. The molecule has 0 aliphatic rings. The van der Waals surface area contributed by atoms with Crippen LogP contribution in [0, 0.1) is 6.92 Å². The van der Waals surface area contributed by atoms with Gasteiger partial charge in [0.2, 0.25) is 0 Å². The van der Waals surface area contributed by atoms with Crippen molar-refractivity contribution >= 4 is 49.0 Å². The Morgan fingerprint density at radius 3 is 2.19 bits per heavy atom. The number of ketones is 1. The van der Waals surface area contributed by atoms with Gasteiger partial charge in [-0.15, -0.1) is 11.3 Å². The number of thiophene rings is 1. The highest BCUT2D eigenvalue weighted by atomic mass is 79.9. The van der Waals surface area contributed by atoms with Crippen LogP contribution in [0.15, 0.2) is 38.6 Å². The monoisotopic (exact) mass is 358 g/mol. The fourth-order valence-corrected chi connectivity index (χ4v) is 3.39. The Labute approximate surface area is 115 Å². The summed E-state index contributed by atoms with van der Waals surface area (Å²) in [5, 5.41) is 1.90. The summed E-state index contributed by atoms with van der Waals surface area (Å²) in [6, 6.07) is 7.50. The molecule has 1 aromatic carbocycles. The normalized spacial score (nSPS) is 10.4. The van der Waals surface area contributed by atoms with E-state index in [0.29, 0.717) is 5.56 Å². The maximum atomic E-state index is 12.1. The second-order valence-corrected chi connectivity index (χ2v) is 6.38. The van der Waals surface area contributed by atoms with Gasteiger partial charge in [-0.05, 0) is 31.2 Å². The van der Waals surface area contributed by atoms with Crippen LogP contribution < -0.4 is 0 Å². The smallest absolute Gasteiger partial charge is 0.193 e. The lowest BCUT2D eigenvalue weighted by Gasteiger charge is -2.00. The largest absolute Gasteiger partial charge is 0.289 e. The molecule has 2 aromatic rings. The Hall–Kier alpha value is -0.450. The van der Waals surface area contributed by atoms with Crippen molar-refractivity contribution in [2.75, 3.05) is 0 Å². The van der Waals surface area contributed by atoms with E-state index < -0.39 is 0 Å². The van der Waals surface area contributed by atoms with Gasteiger partial charge in [-0.1, -0.05) is 31.9 Å². The quantitative estimate of drug-likeness (QED) is 0.703. The van der Waals surface area contributed by atoms with Crippen molar-refractivity contribution in [1.82, 2.24) is 0 Å². The van der Waals surface area contributed by atoms with E-state index in [2.05, 4.69) is 31.9 Å². The fourth-order valence-electron chi connectivity index (χ4n) is 1.41. The van der Waals surface area contributed by atoms with Crippen molar-refractivity contribution in [2.45, 2.75) is 6.92 Å². The topological polar surface area (TPSA) is 17.1 Å². The first-order valence-electron chi connectivity index (χ1n) is 4.62. The Morgan fingerprint density at radius 2 is 1.69 bits per heavy atom. The van der Waals surface area contributed by atoms with Crippen molar-refractivity contribution < 1.29 is 4.79 Å². The van der Waals surface area contributed by atoms with Crippen LogP contribution in [-0.2, 0) is 0 Å². The van der Waals surface area contributed by atoms with Crippen molar-refractivity contribution in [3.8, 4) is 0 Å². The number of carbonyl (C=O) groups is 1. The van der Waals surface area contributed by atoms with Crippen LogP contribution >= 0.6 is 43.2 Å². The molecule has 0 aliphatic carbocycles. The minimum atomic E-state index is 0.0614. The van der Waals surface area contributed by atoms with Gasteiger partial charge in [0.05, 0.1) is 0 Å². The van der Waals surface area contributed by atoms with E-state index in [0.717, 1.165) is 19.4 Å². The number of carbonyl (C=O) groups excluding carboxylic acids is 1. The van der Waals surface area contributed by atoms with Gasteiger partial charge >= 0.3 is 0 Å². The maximum absolute atomic E-state index is 12.1. The van der Waals surface area contributed by atoms with Gasteiger partial charge in [0, 0.05) is 30.3 Å². The molecule has 2 rings (SSSR count). The molecule has 1 aromatic heterocycles. The number of hydrogen-bond donors (Lipinski definition) is 0. The predicted molar refractivity (Wildman–Crippen MR) is 74.3 cm³/mol. The average molecular weight is 360 g/mol. The van der Waals surface area contributed by atoms with Crippen LogP contribution in [-0.4, -0.2) is 5.78 Å². The van der Waals surface area contributed by atoms with Gasteiger partial charge in [-0.2, -0.15) is 0 Å². The molecular formula is C12H8Br2OS. The van der Waals surface area contributed by atoms with E-state index in [9.17, 15) is 4.79 Å². The zero-order valence-electron chi connectivity index (χ0n) is 8.46. The molecule has 0 radical (unpaired) electrons. The highest BCUT2D eigenvalue weighted by molar-refractivity contribution is 9.11. The summed E-state index contributed by atoms with van der Waals surface area (Å²) in [5.41, 5.74) is 1.45. The van der Waals surface area contributed by atoms with Crippen molar-refractivity contribution in [3.63, 3.8) is 0 Å². The summed E-state index contributed by atoms with van der Waals surface area (Å²) in [6.45, 7) is 2.00. The fraction of sp³-hybridized carbons (Fsp3) is 0.0833. The van der Waals surface area contributed by atoms with E-state index in [-0.39, 0.29) is 5.78 Å². The second kappa shape index (κ2) is 4.82. The molecule has 1 heterocycles. The first-order valence-corrected chi connectivity index (χ1v) is 7.09. The number of rotatable bonds is 2. The van der Waals surface area contributed by atoms with E-state index >= 15 is 0 Å². The minimum Gasteiger partial charge on any atom is -0.289 e. The molecule has 0 saturated carbocycles. The van der Waals surface area contributed by atoms with E-state index in [1.54, 1.807) is 11.3 Å². The molecule has 0 atom stereocenters. The number of halogens is 2. The zero-order valence-corrected chi connectivity index (χ0v) is 12.4. The lowest BCUT2D eigenvalue weighted by molar-refractivity contribution is 0.103. The number of aryl methyl sites for hydroxylation is 1. The van der Waals surface area contributed by atoms with E-state index in [1.165, 1.54) is 0 Å². The third-order valence-corrected chi connectivity index (χ3v) is 3.89. The van der Waals surface area contributed by atoms with Crippen LogP contribution in [0.4, 0.5) is 0 Å². The van der Waals surface area contributed by atoms with Crippen LogP contribution in [0.1, 0.15) is 20.8 Å². The van der Waals surface area contributed by atoms with Gasteiger partial charge < -0.3 is 0 Å². The summed E-state index contributed by atoms with van der Waals surface area (Å²) < 4.78 is 1.80. The average Bonchev–Trinajstić information content (AvgIpc) is 2.62. The van der Waals surface area contributed by atoms with E-state index in [1.807, 2.05) is 36.6 Å². The molecule has 0 unspecified atom stereocenters. The van der Waals surface area contributed by atoms with Crippen LogP contribution in [0.25, 0.3) is 0 Å². The summed E-state index contributed by atoms with van der Waals surface area (Å²) in [5.74, 6) is 0.0614. The van der Waals surface area contributed by atoms with Crippen molar-refractivity contribution in [2.24, 2.45) is 0 Å². The molecule has 1 nitrogen and oxygen atoms in total. The van der Waals surface area contributed by atoms with Crippen LogP contribution in [0.3, 0.4) is 0 Å². The molecule has 0 amide bonds. The summed E-state index contributed by atoms with van der Waals surface area (Å²) in [6.07, 6.45) is 0. The van der Waals surface area contributed by atoms with Gasteiger partial charge in [-0.3, -0.25) is 4.79 Å². The Balaban J connectivity index is 2.41. The van der Waals surface area contributed by atoms with Crippen molar-refractivity contribution in [3.05, 3.63) is 54.6 Å². The zero-order chi connectivity index (χ0) is 11.7. The third kappa shape index (κ3) is 2.62. The highest BCUT2D eigenvalue weighted by Crippen LogP contribution is 2.23. The van der Waals surface area contributed by atoms with Gasteiger partial charge in [0.15, 0.2) is 5.78 Å². The second-order valence-electron chi connectivity index (χ2n) is 3.43. The lowest BCUT2D eigenvalue weighted by atomic mass is 10.1. The molecule has 0 N–H and O–H groups in total. The van der Waals surface area contributed by atoms with E-state index in [4.69, 9.17) is 0 Å². The van der Waals surface area contributed by atoms with Gasteiger partial charge in [-0.25, -0.2) is 0 Å². The third-order valence-electron chi connectivity index (χ3n) is 2.12. The van der Waals surface area contributed by atoms with Gasteiger partial charge in [0.1, 0.15) is 0 Å². The SMILES string of the molecule is Cc1cc(C(=O)c2cc(Br)cc(Br)c2)cs1. The first-order chi connectivity index (χ1) is 7.56. The Morgan fingerprint density at radius 1 is 1.06 bits per heavy atom. The first kappa shape index (κ1) is 12.0. The minimum absolute atomic E-state index is 0.0614. The Kier molecular flexibility index (Phi) is 3.62. The number of hydrogen-bond acceptors (Lipinski definition) is 2. The molecule has 0 saturated heterocycles. The lowest BCUT2D eigenvalue weighted by Crippen LogP contribution is -1.99. The molecule has 16 heavy (non-hydrogen) atoms. The maximum Gasteiger partial charge on any atom is 0.193 e. The predicted octanol–water partition coefficient (Wildman–Crippen LogP) is 4.81. The standard InChI is InChI=1S/C12H8Br2OS/c1-7-2-9(6-16-7)12(15)8-3-10(13)5-11(14)4-8/h2-6H,1H3. The molecule has 0 fully saturated rings. The molecular weight excluding hydrogens is 352 g/mol. The number of benzene rings is 1. The van der Waals surface area contributed by atoms with Crippen molar-refractivity contribution in [1.29, 1.82) is 0 Å². The summed E-state index contributed by atoms with van der Waals surface area (Å²) in [4.78, 5) is 13.3.